The topological polar surface area (TPSA) is 110 Å². The minimum Gasteiger partial charge on any atom is -0.383 e. The number of halogens is 1. The molecule has 0 bridgehead atoms. The molecule has 0 spiro atoms. The number of ether oxygens (including phenoxy) is 1. The molecule has 3 rings (SSSR count). The number of hydrogen-bond acceptors (Lipinski definition) is 6. The molecule has 10 heteroatoms. The Kier molecular flexibility index (Phi) is 6.44. The van der Waals surface area contributed by atoms with Gasteiger partial charge in [-0.1, -0.05) is 13.8 Å². The van der Waals surface area contributed by atoms with E-state index in [2.05, 4.69) is 0 Å². The van der Waals surface area contributed by atoms with E-state index >= 15 is 0 Å². The highest BCUT2D eigenvalue weighted by molar-refractivity contribution is 7.90. The second kappa shape index (κ2) is 7.98. The van der Waals surface area contributed by atoms with Gasteiger partial charge >= 0.3 is 0 Å². The van der Waals surface area contributed by atoms with E-state index in [0.717, 1.165) is 4.31 Å². The van der Waals surface area contributed by atoms with E-state index in [0.29, 0.717) is 19.5 Å². The van der Waals surface area contributed by atoms with Crippen LogP contribution in [-0.4, -0.2) is 68.8 Å². The Hall–Kier alpha value is -1.68. The third-order valence-electron chi connectivity index (χ3n) is 5.35. The van der Waals surface area contributed by atoms with Gasteiger partial charge < -0.3 is 15.4 Å². The Morgan fingerprint density at radius 1 is 1.36 bits per heavy atom. The molecule has 2 heterocycles. The summed E-state index contributed by atoms with van der Waals surface area (Å²) in [7, 11) is -2.54. The second-order valence-corrected chi connectivity index (χ2v) is 9.53. The fourth-order valence-corrected chi connectivity index (χ4v) is 5.11. The number of rotatable bonds is 4. The zero-order valence-corrected chi connectivity index (χ0v) is 17.8. The molecule has 1 atom stereocenters. The van der Waals surface area contributed by atoms with Crippen molar-refractivity contribution in [3.63, 3.8) is 0 Å². The first kappa shape index (κ1) is 22.6. The van der Waals surface area contributed by atoms with Gasteiger partial charge in [0, 0.05) is 31.8 Å². The fraction of sp³-hybridized carbons (Fsp3) is 0.556. The van der Waals surface area contributed by atoms with Crippen LogP contribution in [0.5, 0.6) is 0 Å². The molecular weight excluding hydrogens is 406 g/mol. The van der Waals surface area contributed by atoms with Crippen molar-refractivity contribution in [1.82, 2.24) is 9.21 Å². The molecule has 1 aromatic rings. The summed E-state index contributed by atoms with van der Waals surface area (Å²) in [4.78, 5) is 26.9. The highest BCUT2D eigenvalue weighted by Crippen LogP contribution is 2.32. The van der Waals surface area contributed by atoms with Gasteiger partial charge in [-0.15, -0.1) is 12.4 Å². The maximum absolute atomic E-state index is 12.9. The number of hydrogen-bond donors (Lipinski definition) is 1. The fourth-order valence-electron chi connectivity index (χ4n) is 3.53. The summed E-state index contributed by atoms with van der Waals surface area (Å²) < 4.78 is 31.1. The average Bonchev–Trinajstić information content (AvgIpc) is 2.81. The average molecular weight is 432 g/mol. The first-order chi connectivity index (χ1) is 12.6. The van der Waals surface area contributed by atoms with E-state index in [9.17, 15) is 18.0 Å². The number of nitrogens with two attached hydrogens (primary N) is 1. The van der Waals surface area contributed by atoms with E-state index < -0.39 is 15.9 Å². The zero-order chi connectivity index (χ0) is 20.0. The van der Waals surface area contributed by atoms with Gasteiger partial charge in [-0.05, 0) is 30.0 Å². The lowest BCUT2D eigenvalue weighted by molar-refractivity contribution is 0.0532. The number of amides is 2. The number of piperidine rings is 1. The molecule has 0 radical (unpaired) electrons. The van der Waals surface area contributed by atoms with Crippen molar-refractivity contribution >= 4 is 34.2 Å². The van der Waals surface area contributed by atoms with E-state index in [4.69, 9.17) is 10.5 Å². The summed E-state index contributed by atoms with van der Waals surface area (Å²) in [6.07, 6.45) is 0.686. The largest absolute Gasteiger partial charge is 0.383 e. The van der Waals surface area contributed by atoms with Gasteiger partial charge in [0.15, 0.2) is 0 Å². The number of sulfonamides is 1. The van der Waals surface area contributed by atoms with Crippen molar-refractivity contribution in [2.24, 2.45) is 11.1 Å². The van der Waals surface area contributed by atoms with E-state index in [1.54, 1.807) is 4.90 Å². The summed E-state index contributed by atoms with van der Waals surface area (Å²) in [5.74, 6) is -0.845. The van der Waals surface area contributed by atoms with Crippen LogP contribution in [0.4, 0.5) is 0 Å². The Balaban J connectivity index is 0.00000280. The molecule has 1 fully saturated rings. The van der Waals surface area contributed by atoms with E-state index in [1.807, 2.05) is 13.8 Å². The number of methoxy groups -OCH3 is 1. The maximum atomic E-state index is 12.9. The van der Waals surface area contributed by atoms with Crippen LogP contribution in [0.25, 0.3) is 0 Å². The van der Waals surface area contributed by atoms with Gasteiger partial charge in [-0.2, -0.15) is 0 Å². The summed E-state index contributed by atoms with van der Waals surface area (Å²) in [5.41, 5.74) is 6.25. The molecule has 2 N–H and O–H groups in total. The summed E-state index contributed by atoms with van der Waals surface area (Å²) in [6, 6.07) is 4.24. The van der Waals surface area contributed by atoms with Crippen molar-refractivity contribution in [2.45, 2.75) is 31.2 Å². The first-order valence-corrected chi connectivity index (χ1v) is 10.3. The zero-order valence-electron chi connectivity index (χ0n) is 16.2. The van der Waals surface area contributed by atoms with E-state index in [-0.39, 0.29) is 58.9 Å². The Morgan fingerprint density at radius 3 is 2.64 bits per heavy atom. The molecule has 156 valence electrons. The summed E-state index contributed by atoms with van der Waals surface area (Å²) in [5, 5.41) is 0. The smallest absolute Gasteiger partial charge is 0.269 e. The molecule has 2 amide bonds. The molecule has 0 saturated carbocycles. The quantitative estimate of drug-likeness (QED) is 0.764. The lowest BCUT2D eigenvalue weighted by Gasteiger charge is -2.42. The monoisotopic (exact) mass is 431 g/mol. The molecule has 0 aromatic heterocycles. The number of fused-ring (bicyclic) bond motifs is 1. The van der Waals surface area contributed by atoms with Gasteiger partial charge in [0.2, 0.25) is 0 Å². The van der Waals surface area contributed by atoms with E-state index in [1.165, 1.54) is 25.3 Å². The maximum Gasteiger partial charge on any atom is 0.269 e. The van der Waals surface area contributed by atoms with Crippen LogP contribution in [0.2, 0.25) is 0 Å². The summed E-state index contributed by atoms with van der Waals surface area (Å²) >= 11 is 0. The van der Waals surface area contributed by atoms with Gasteiger partial charge in [-0.3, -0.25) is 9.59 Å². The third-order valence-corrected chi connectivity index (χ3v) is 7.17. The van der Waals surface area contributed by atoms with Crippen LogP contribution in [0.1, 0.15) is 41.0 Å². The molecule has 28 heavy (non-hydrogen) atoms. The number of benzene rings is 1. The van der Waals surface area contributed by atoms with Crippen LogP contribution < -0.4 is 5.73 Å². The van der Waals surface area contributed by atoms with Crippen LogP contribution in [0, 0.1) is 5.41 Å². The highest BCUT2D eigenvalue weighted by Gasteiger charge is 2.42. The molecule has 1 unspecified atom stereocenters. The number of carbonyl (C=O) groups excluding carboxylic acids is 2. The Morgan fingerprint density at radius 2 is 2.04 bits per heavy atom. The number of nitrogens with zero attached hydrogens (tertiary/aromatic N) is 2. The molecule has 2 aliphatic rings. The van der Waals surface area contributed by atoms with Crippen LogP contribution in [-0.2, 0) is 14.8 Å². The summed E-state index contributed by atoms with van der Waals surface area (Å²) in [6.45, 7) is 5.08. The van der Waals surface area contributed by atoms with Crippen LogP contribution in [0.3, 0.4) is 0 Å². The van der Waals surface area contributed by atoms with Gasteiger partial charge in [0.25, 0.3) is 21.8 Å². The normalized spacial score (nSPS) is 22.6. The minimum absolute atomic E-state index is 0. The molecular formula is C18H26ClN3O5S. The number of likely N-dealkylation sites (tertiary alicyclic amines) is 1. The van der Waals surface area contributed by atoms with Crippen molar-refractivity contribution < 1.29 is 22.7 Å². The second-order valence-electron chi connectivity index (χ2n) is 7.70. The van der Waals surface area contributed by atoms with Crippen molar-refractivity contribution in [3.05, 3.63) is 29.3 Å². The number of carbonyl (C=O) groups is 2. The lowest BCUT2D eigenvalue weighted by atomic mass is 9.79. The predicted octanol–water partition coefficient (Wildman–Crippen LogP) is 1.10. The first-order valence-electron chi connectivity index (χ1n) is 8.84. The van der Waals surface area contributed by atoms with Gasteiger partial charge in [0.1, 0.15) is 4.90 Å². The van der Waals surface area contributed by atoms with Crippen LogP contribution in [0.15, 0.2) is 23.1 Å². The molecule has 2 aliphatic heterocycles. The lowest BCUT2D eigenvalue weighted by Crippen LogP contribution is -2.54. The highest BCUT2D eigenvalue weighted by atomic mass is 35.5. The van der Waals surface area contributed by atoms with Gasteiger partial charge in [0.05, 0.1) is 18.7 Å². The standard InChI is InChI=1S/C18H25N3O5S.ClH/c1-18(2)11-20(7-6-15(18)19)16(22)12-4-5-13-14(10-12)27(24,25)21(17(13)23)8-9-26-3;/h4-5,10,15H,6-9,11,19H2,1-3H3;1H. The Labute approximate surface area is 171 Å². The molecule has 0 aliphatic carbocycles. The van der Waals surface area contributed by atoms with Crippen molar-refractivity contribution in [2.75, 3.05) is 33.4 Å². The van der Waals surface area contributed by atoms with Crippen molar-refractivity contribution in [3.8, 4) is 0 Å². The SMILES string of the molecule is COCCN1C(=O)c2ccc(C(=O)N3CCC(N)C(C)(C)C3)cc2S1(=O)=O.Cl. The molecule has 1 saturated heterocycles. The van der Waals surface area contributed by atoms with Gasteiger partial charge in [-0.25, -0.2) is 12.7 Å². The predicted molar refractivity (Wildman–Crippen MR) is 106 cm³/mol. The molecule has 8 nitrogen and oxygen atoms in total. The minimum atomic E-state index is -3.97. The van der Waals surface area contributed by atoms with Crippen LogP contribution >= 0.6 is 12.4 Å². The Bertz CT molecular complexity index is 887. The molecule has 1 aromatic carbocycles. The van der Waals surface area contributed by atoms with Crippen molar-refractivity contribution in [1.29, 1.82) is 0 Å². The third kappa shape index (κ3) is 3.76.